The fourth-order valence-corrected chi connectivity index (χ4v) is 1.12. The van der Waals surface area contributed by atoms with E-state index in [4.69, 9.17) is 11.6 Å². The predicted molar refractivity (Wildman–Crippen MR) is 45.6 cm³/mol. The lowest BCUT2D eigenvalue weighted by molar-refractivity contribution is -0.112. The first-order valence-corrected chi connectivity index (χ1v) is 4.15. The number of carbonyl (C=O) groups excluding carboxylic acids is 1. The molecule has 0 aromatic heterocycles. The Labute approximate surface area is 83.5 Å². The van der Waals surface area contributed by atoms with Crippen molar-refractivity contribution in [2.75, 3.05) is 0 Å². The van der Waals surface area contributed by atoms with Gasteiger partial charge in [-0.15, -0.1) is 0 Å². The van der Waals surface area contributed by atoms with Crippen molar-refractivity contribution in [3.8, 4) is 0 Å². The summed E-state index contributed by atoms with van der Waals surface area (Å²) in [5.74, 6) is -5.24. The molecular formula is C9H6ClF3O. The van der Waals surface area contributed by atoms with Crippen molar-refractivity contribution in [3.63, 3.8) is 0 Å². The van der Waals surface area contributed by atoms with E-state index in [0.717, 1.165) is 12.1 Å². The summed E-state index contributed by atoms with van der Waals surface area (Å²) in [7, 11) is 0. The van der Waals surface area contributed by atoms with Crippen molar-refractivity contribution in [2.24, 2.45) is 0 Å². The van der Waals surface area contributed by atoms with Crippen LogP contribution >= 0.6 is 11.6 Å². The summed E-state index contributed by atoms with van der Waals surface area (Å²) < 4.78 is 38.2. The highest BCUT2D eigenvalue weighted by Gasteiger charge is 2.21. The summed E-state index contributed by atoms with van der Waals surface area (Å²) in [5, 5.41) is -0.824. The number of benzene rings is 1. The fourth-order valence-electron chi connectivity index (χ4n) is 0.998. The molecule has 1 unspecified atom stereocenters. The lowest BCUT2D eigenvalue weighted by atomic mass is 10.0. The lowest BCUT2D eigenvalue weighted by Crippen LogP contribution is -2.07. The molecule has 0 aliphatic heterocycles. The minimum Gasteiger partial charge on any atom is -0.281 e. The van der Waals surface area contributed by atoms with Gasteiger partial charge in [-0.1, -0.05) is 13.0 Å². The highest BCUT2D eigenvalue weighted by Crippen LogP contribution is 2.24. The van der Waals surface area contributed by atoms with Gasteiger partial charge in [0.2, 0.25) is 5.24 Å². The van der Waals surface area contributed by atoms with Gasteiger partial charge in [-0.2, -0.15) is 0 Å². The van der Waals surface area contributed by atoms with Crippen molar-refractivity contribution in [2.45, 2.75) is 12.8 Å². The monoisotopic (exact) mass is 222 g/mol. The molecule has 0 saturated heterocycles. The van der Waals surface area contributed by atoms with Crippen molar-refractivity contribution < 1.29 is 18.0 Å². The summed E-state index contributed by atoms with van der Waals surface area (Å²) in [5.41, 5.74) is -0.246. The average Bonchev–Trinajstić information content (AvgIpc) is 2.13. The van der Waals surface area contributed by atoms with E-state index in [0.29, 0.717) is 0 Å². The van der Waals surface area contributed by atoms with Gasteiger partial charge in [0.05, 0.1) is 5.92 Å². The lowest BCUT2D eigenvalue weighted by Gasteiger charge is -2.08. The molecule has 0 aliphatic carbocycles. The van der Waals surface area contributed by atoms with Crippen molar-refractivity contribution >= 4 is 16.8 Å². The summed E-state index contributed by atoms with van der Waals surface area (Å²) in [6, 6.07) is 1.75. The molecule has 5 heteroatoms. The predicted octanol–water partition coefficient (Wildman–Crippen LogP) is 2.97. The summed E-state index contributed by atoms with van der Waals surface area (Å²) in [4.78, 5) is 10.7. The molecule has 0 bridgehead atoms. The molecule has 1 aromatic rings. The van der Waals surface area contributed by atoms with Crippen LogP contribution in [0, 0.1) is 17.5 Å². The van der Waals surface area contributed by atoms with E-state index in [-0.39, 0.29) is 5.56 Å². The molecule has 0 heterocycles. The molecule has 1 aromatic carbocycles. The van der Waals surface area contributed by atoms with Crippen LogP contribution in [0.15, 0.2) is 12.1 Å². The molecule has 0 spiro atoms. The molecule has 76 valence electrons. The van der Waals surface area contributed by atoms with Crippen LogP contribution in [0.1, 0.15) is 18.4 Å². The van der Waals surface area contributed by atoms with E-state index < -0.39 is 28.6 Å². The quantitative estimate of drug-likeness (QED) is 0.555. The first-order chi connectivity index (χ1) is 6.45. The topological polar surface area (TPSA) is 17.1 Å². The Bertz CT molecular complexity index is 379. The van der Waals surface area contributed by atoms with Crippen molar-refractivity contribution in [1.82, 2.24) is 0 Å². The number of hydrogen-bond acceptors (Lipinski definition) is 1. The zero-order valence-corrected chi connectivity index (χ0v) is 7.91. The van der Waals surface area contributed by atoms with Crippen LogP contribution < -0.4 is 0 Å². The van der Waals surface area contributed by atoms with Gasteiger partial charge in [0.1, 0.15) is 0 Å². The molecule has 1 nitrogen and oxygen atoms in total. The van der Waals surface area contributed by atoms with Crippen LogP contribution in [0.2, 0.25) is 0 Å². The first-order valence-electron chi connectivity index (χ1n) is 3.78. The third kappa shape index (κ3) is 1.90. The highest BCUT2D eigenvalue weighted by atomic mass is 35.5. The maximum absolute atomic E-state index is 13.0. The molecule has 0 saturated carbocycles. The van der Waals surface area contributed by atoms with E-state index in [9.17, 15) is 18.0 Å². The Morgan fingerprint density at radius 1 is 1.29 bits per heavy atom. The maximum atomic E-state index is 13.0. The molecule has 0 N–H and O–H groups in total. The van der Waals surface area contributed by atoms with E-state index >= 15 is 0 Å². The maximum Gasteiger partial charge on any atom is 0.228 e. The van der Waals surface area contributed by atoms with Gasteiger partial charge in [-0.3, -0.25) is 4.79 Å². The minimum absolute atomic E-state index is 0.246. The van der Waals surface area contributed by atoms with E-state index in [1.54, 1.807) is 0 Å². The van der Waals surface area contributed by atoms with Crippen molar-refractivity contribution in [3.05, 3.63) is 35.1 Å². The standard InChI is InChI=1S/C9H6ClF3O/c1-4(9(10)14)5-2-3-6(11)8(13)7(5)12/h2-4H,1H3. The van der Waals surface area contributed by atoms with Gasteiger partial charge < -0.3 is 0 Å². The van der Waals surface area contributed by atoms with Gasteiger partial charge in [-0.05, 0) is 17.7 Å². The molecule has 0 aliphatic rings. The SMILES string of the molecule is CC(C(=O)Cl)c1ccc(F)c(F)c1F. The highest BCUT2D eigenvalue weighted by molar-refractivity contribution is 6.64. The summed E-state index contributed by atoms with van der Waals surface area (Å²) >= 11 is 5.11. The van der Waals surface area contributed by atoms with Gasteiger partial charge in [0.15, 0.2) is 17.5 Å². The third-order valence-corrected chi connectivity index (χ3v) is 2.20. The smallest absolute Gasteiger partial charge is 0.228 e. The van der Waals surface area contributed by atoms with Crippen LogP contribution in [0.3, 0.4) is 0 Å². The molecule has 14 heavy (non-hydrogen) atoms. The second-order valence-corrected chi connectivity index (χ2v) is 3.16. The van der Waals surface area contributed by atoms with Gasteiger partial charge >= 0.3 is 0 Å². The largest absolute Gasteiger partial charge is 0.281 e. The zero-order valence-electron chi connectivity index (χ0n) is 7.15. The molecule has 1 atom stereocenters. The van der Waals surface area contributed by atoms with Crippen LogP contribution in [0.25, 0.3) is 0 Å². The number of hydrogen-bond donors (Lipinski definition) is 0. The summed E-state index contributed by atoms with van der Waals surface area (Å²) in [6.45, 7) is 1.31. The van der Waals surface area contributed by atoms with E-state index in [1.807, 2.05) is 0 Å². The third-order valence-electron chi connectivity index (χ3n) is 1.87. The first kappa shape index (κ1) is 11.0. The van der Waals surface area contributed by atoms with Crippen LogP contribution in [0.4, 0.5) is 13.2 Å². The Hall–Kier alpha value is -1.03. The van der Waals surface area contributed by atoms with Crippen molar-refractivity contribution in [1.29, 1.82) is 0 Å². The zero-order chi connectivity index (χ0) is 10.9. The summed E-state index contributed by atoms with van der Waals surface area (Å²) in [6.07, 6.45) is 0. The Morgan fingerprint density at radius 3 is 2.36 bits per heavy atom. The van der Waals surface area contributed by atoms with Crippen LogP contribution in [0.5, 0.6) is 0 Å². The minimum atomic E-state index is -1.59. The van der Waals surface area contributed by atoms with Gasteiger partial charge in [0, 0.05) is 5.56 Å². The Morgan fingerprint density at radius 2 is 1.86 bits per heavy atom. The fraction of sp³-hybridized carbons (Fsp3) is 0.222. The van der Waals surface area contributed by atoms with Gasteiger partial charge in [-0.25, -0.2) is 13.2 Å². The van der Waals surface area contributed by atoms with E-state index in [1.165, 1.54) is 6.92 Å². The molecule has 0 radical (unpaired) electrons. The number of rotatable bonds is 2. The second-order valence-electron chi connectivity index (χ2n) is 2.79. The second kappa shape index (κ2) is 4.00. The van der Waals surface area contributed by atoms with Crippen LogP contribution in [-0.2, 0) is 4.79 Å². The number of halogens is 4. The molecule has 1 rings (SSSR count). The Kier molecular flexibility index (Phi) is 3.16. The normalized spacial score (nSPS) is 12.6. The number of carbonyl (C=O) groups is 1. The van der Waals surface area contributed by atoms with Gasteiger partial charge in [0.25, 0.3) is 0 Å². The van der Waals surface area contributed by atoms with E-state index in [2.05, 4.69) is 0 Å². The Balaban J connectivity index is 3.24. The molecule has 0 amide bonds. The average molecular weight is 223 g/mol. The molecular weight excluding hydrogens is 217 g/mol. The molecule has 0 fully saturated rings. The van der Waals surface area contributed by atoms with Crippen LogP contribution in [-0.4, -0.2) is 5.24 Å².